The standard InChI is InChI=1S/C48H29NO/c1-2-14-32(15-3-1)49-41-23-11-10-17-34(41)40-29-31(25-27-42(40)49)45-35-18-6-8-20-37(35)46(38-21-9-7-19-36(38)45)39-22-12-24-43-48(39)47-33-16-5-4-13-30(33)26-28-44(47)50-43/h1-29H. The quantitative estimate of drug-likeness (QED) is 0.177. The summed E-state index contributed by atoms with van der Waals surface area (Å²) >= 11 is 0. The average molecular weight is 636 g/mol. The summed E-state index contributed by atoms with van der Waals surface area (Å²) in [6.45, 7) is 0. The fourth-order valence-electron chi connectivity index (χ4n) is 8.51. The maximum absolute atomic E-state index is 6.55. The summed E-state index contributed by atoms with van der Waals surface area (Å²) < 4.78 is 8.93. The Bertz CT molecular complexity index is 3090. The topological polar surface area (TPSA) is 18.1 Å². The molecule has 0 aliphatic heterocycles. The molecular weight excluding hydrogens is 607 g/mol. The van der Waals surface area contributed by atoms with E-state index in [2.05, 4.69) is 180 Å². The van der Waals surface area contributed by atoms with E-state index >= 15 is 0 Å². The van der Waals surface area contributed by atoms with E-state index in [-0.39, 0.29) is 0 Å². The van der Waals surface area contributed by atoms with Crippen LogP contribution < -0.4 is 0 Å². The fourth-order valence-corrected chi connectivity index (χ4v) is 8.51. The second kappa shape index (κ2) is 10.4. The van der Waals surface area contributed by atoms with Crippen molar-refractivity contribution in [2.45, 2.75) is 0 Å². The van der Waals surface area contributed by atoms with Crippen LogP contribution in [0, 0.1) is 0 Å². The second-order valence-corrected chi connectivity index (χ2v) is 13.2. The van der Waals surface area contributed by atoms with Gasteiger partial charge in [-0.1, -0.05) is 133 Å². The summed E-state index contributed by atoms with van der Waals surface area (Å²) in [5, 5.41) is 12.2. The monoisotopic (exact) mass is 635 g/mol. The summed E-state index contributed by atoms with van der Waals surface area (Å²) in [5.74, 6) is 0. The molecule has 2 nitrogen and oxygen atoms in total. The molecule has 0 saturated carbocycles. The predicted octanol–water partition coefficient (Wildman–Crippen LogP) is 13.5. The van der Waals surface area contributed by atoms with Crippen LogP contribution in [0.3, 0.4) is 0 Å². The molecule has 232 valence electrons. The van der Waals surface area contributed by atoms with Crippen molar-refractivity contribution >= 4 is 76.1 Å². The molecule has 11 rings (SSSR count). The van der Waals surface area contributed by atoms with Gasteiger partial charge in [0.1, 0.15) is 11.2 Å². The third-order valence-electron chi connectivity index (χ3n) is 10.6. The van der Waals surface area contributed by atoms with Gasteiger partial charge in [0.15, 0.2) is 0 Å². The van der Waals surface area contributed by atoms with Crippen LogP contribution in [0.4, 0.5) is 0 Å². The van der Waals surface area contributed by atoms with Gasteiger partial charge in [0.25, 0.3) is 0 Å². The highest BCUT2D eigenvalue weighted by Crippen LogP contribution is 2.48. The van der Waals surface area contributed by atoms with E-state index < -0.39 is 0 Å². The van der Waals surface area contributed by atoms with Crippen LogP contribution >= 0.6 is 0 Å². The van der Waals surface area contributed by atoms with E-state index in [9.17, 15) is 0 Å². The van der Waals surface area contributed by atoms with Crippen molar-refractivity contribution in [3.63, 3.8) is 0 Å². The van der Waals surface area contributed by atoms with Gasteiger partial charge in [-0.15, -0.1) is 0 Å². The highest BCUT2D eigenvalue weighted by Gasteiger charge is 2.22. The SMILES string of the molecule is c1ccc(-n2c3ccccc3c3cc(-c4c5ccccc5c(-c5cccc6oc7ccc8ccccc8c7c56)c5ccccc45)ccc32)cc1. The first-order valence-corrected chi connectivity index (χ1v) is 17.2. The molecule has 0 atom stereocenters. The Morgan fingerprint density at radius 1 is 0.360 bits per heavy atom. The van der Waals surface area contributed by atoms with Crippen LogP contribution in [0.5, 0.6) is 0 Å². The normalized spacial score (nSPS) is 12.0. The zero-order valence-electron chi connectivity index (χ0n) is 27.1. The van der Waals surface area contributed by atoms with E-state index in [0.717, 1.165) is 16.6 Å². The van der Waals surface area contributed by atoms with E-state index in [4.69, 9.17) is 4.42 Å². The molecule has 0 aliphatic carbocycles. The molecule has 0 radical (unpaired) electrons. The van der Waals surface area contributed by atoms with Crippen molar-refractivity contribution < 1.29 is 4.42 Å². The summed E-state index contributed by atoms with van der Waals surface area (Å²) in [5.41, 5.74) is 10.3. The smallest absolute Gasteiger partial charge is 0.136 e. The number of nitrogens with zero attached hydrogens (tertiary/aromatic N) is 1. The summed E-state index contributed by atoms with van der Waals surface area (Å²) in [6, 6.07) is 63.7. The van der Waals surface area contributed by atoms with Crippen molar-refractivity contribution in [3.05, 3.63) is 176 Å². The lowest BCUT2D eigenvalue weighted by Gasteiger charge is -2.18. The summed E-state index contributed by atoms with van der Waals surface area (Å²) in [6.07, 6.45) is 0. The summed E-state index contributed by atoms with van der Waals surface area (Å²) in [7, 11) is 0. The Morgan fingerprint density at radius 3 is 1.72 bits per heavy atom. The lowest BCUT2D eigenvalue weighted by Crippen LogP contribution is -1.93. The van der Waals surface area contributed by atoms with Crippen molar-refractivity contribution in [1.82, 2.24) is 4.57 Å². The van der Waals surface area contributed by atoms with Gasteiger partial charge in [0, 0.05) is 27.2 Å². The summed E-state index contributed by atoms with van der Waals surface area (Å²) in [4.78, 5) is 0. The molecule has 0 unspecified atom stereocenters. The van der Waals surface area contributed by atoms with Gasteiger partial charge in [-0.2, -0.15) is 0 Å². The minimum atomic E-state index is 0.909. The number of benzene rings is 9. The van der Waals surface area contributed by atoms with Gasteiger partial charge in [0.05, 0.1) is 11.0 Å². The Labute approximate surface area is 288 Å². The molecule has 0 bridgehead atoms. The minimum Gasteiger partial charge on any atom is -0.456 e. The van der Waals surface area contributed by atoms with E-state index in [0.29, 0.717) is 0 Å². The van der Waals surface area contributed by atoms with E-state index in [1.807, 2.05) is 0 Å². The van der Waals surface area contributed by atoms with Gasteiger partial charge in [-0.05, 0) is 97.0 Å². The number of hydrogen-bond donors (Lipinski definition) is 0. The van der Waals surface area contributed by atoms with Gasteiger partial charge in [0.2, 0.25) is 0 Å². The highest BCUT2D eigenvalue weighted by molar-refractivity contribution is 6.29. The number of aromatic nitrogens is 1. The minimum absolute atomic E-state index is 0.909. The number of hydrogen-bond acceptors (Lipinski definition) is 1. The Balaban J connectivity index is 1.24. The molecule has 0 amide bonds. The van der Waals surface area contributed by atoms with Gasteiger partial charge in [-0.3, -0.25) is 0 Å². The maximum Gasteiger partial charge on any atom is 0.136 e. The molecule has 0 N–H and O–H groups in total. The zero-order valence-corrected chi connectivity index (χ0v) is 27.1. The molecule has 2 aromatic heterocycles. The van der Waals surface area contributed by atoms with Crippen LogP contribution in [-0.4, -0.2) is 4.57 Å². The molecule has 9 aromatic carbocycles. The molecule has 0 spiro atoms. The maximum atomic E-state index is 6.55. The number of para-hydroxylation sites is 2. The number of furan rings is 1. The third-order valence-corrected chi connectivity index (χ3v) is 10.6. The highest BCUT2D eigenvalue weighted by atomic mass is 16.3. The van der Waals surface area contributed by atoms with Crippen LogP contribution in [0.15, 0.2) is 180 Å². The molecule has 0 aliphatic rings. The van der Waals surface area contributed by atoms with Crippen LogP contribution in [0.1, 0.15) is 0 Å². The van der Waals surface area contributed by atoms with E-state index in [1.54, 1.807) is 0 Å². The van der Waals surface area contributed by atoms with Crippen LogP contribution in [0.2, 0.25) is 0 Å². The second-order valence-electron chi connectivity index (χ2n) is 13.2. The van der Waals surface area contributed by atoms with Crippen LogP contribution in [-0.2, 0) is 0 Å². The molecule has 11 aromatic rings. The van der Waals surface area contributed by atoms with Gasteiger partial charge >= 0.3 is 0 Å². The first-order chi connectivity index (χ1) is 24.8. The molecule has 0 saturated heterocycles. The Hall–Kier alpha value is -6.64. The van der Waals surface area contributed by atoms with Crippen molar-refractivity contribution in [1.29, 1.82) is 0 Å². The first-order valence-electron chi connectivity index (χ1n) is 17.2. The van der Waals surface area contributed by atoms with Crippen molar-refractivity contribution in [2.75, 3.05) is 0 Å². The Morgan fingerprint density at radius 2 is 0.960 bits per heavy atom. The van der Waals surface area contributed by atoms with Crippen LogP contribution in [0.25, 0.3) is 104 Å². The lowest BCUT2D eigenvalue weighted by molar-refractivity contribution is 0.669. The van der Waals surface area contributed by atoms with Gasteiger partial charge in [-0.25, -0.2) is 0 Å². The largest absolute Gasteiger partial charge is 0.456 e. The number of fused-ring (bicyclic) bond motifs is 10. The fraction of sp³-hybridized carbons (Fsp3) is 0. The first kappa shape index (κ1) is 27.3. The average Bonchev–Trinajstić information content (AvgIpc) is 3.73. The molecule has 0 fully saturated rings. The van der Waals surface area contributed by atoms with E-state index in [1.165, 1.54) is 87.5 Å². The molecule has 2 heterocycles. The van der Waals surface area contributed by atoms with Crippen molar-refractivity contribution in [2.24, 2.45) is 0 Å². The third kappa shape index (κ3) is 3.79. The Kier molecular flexibility index (Phi) is 5.70. The zero-order chi connectivity index (χ0) is 32.8. The van der Waals surface area contributed by atoms with Crippen molar-refractivity contribution in [3.8, 4) is 27.9 Å². The lowest BCUT2D eigenvalue weighted by atomic mass is 9.84. The molecule has 2 heteroatoms. The van der Waals surface area contributed by atoms with Gasteiger partial charge < -0.3 is 8.98 Å². The number of rotatable bonds is 3. The molecular formula is C48H29NO. The molecule has 50 heavy (non-hydrogen) atoms. The predicted molar refractivity (Wildman–Crippen MR) is 211 cm³/mol.